The molecule has 0 aliphatic rings. The van der Waals surface area contributed by atoms with E-state index in [9.17, 15) is 23.2 Å². The number of thiophene rings is 1. The Balaban J connectivity index is 1.68. The number of hydrogen-bond donors (Lipinski definition) is 1. The van der Waals surface area contributed by atoms with E-state index in [0.29, 0.717) is 4.88 Å². The van der Waals surface area contributed by atoms with Gasteiger partial charge in [0.2, 0.25) is 5.78 Å². The number of ether oxygens (including phenoxy) is 1. The van der Waals surface area contributed by atoms with Crippen molar-refractivity contribution in [1.29, 1.82) is 0 Å². The fourth-order valence-corrected chi connectivity index (χ4v) is 3.07. The molecule has 0 radical (unpaired) electrons. The van der Waals surface area contributed by atoms with Crippen LogP contribution in [-0.2, 0) is 9.53 Å². The highest BCUT2D eigenvalue weighted by atomic mass is 32.1. The van der Waals surface area contributed by atoms with Gasteiger partial charge in [0.1, 0.15) is 11.6 Å². The normalized spacial score (nSPS) is 10.4. The monoisotopic (exact) mass is 401 g/mol. The van der Waals surface area contributed by atoms with Crippen LogP contribution in [-0.4, -0.2) is 24.3 Å². The molecule has 0 aliphatic carbocycles. The third kappa shape index (κ3) is 4.47. The van der Waals surface area contributed by atoms with Gasteiger partial charge in [0.05, 0.1) is 16.1 Å². The van der Waals surface area contributed by atoms with Crippen LogP contribution in [0.5, 0.6) is 0 Å². The van der Waals surface area contributed by atoms with Crippen LogP contribution in [0.2, 0.25) is 0 Å². The predicted molar refractivity (Wildman–Crippen MR) is 99.5 cm³/mol. The molecule has 0 atom stereocenters. The highest BCUT2D eigenvalue weighted by molar-refractivity contribution is 7.12. The molecule has 3 rings (SSSR count). The number of carbonyl (C=O) groups is 3. The first-order valence-electron chi connectivity index (χ1n) is 8.05. The van der Waals surface area contributed by atoms with Crippen molar-refractivity contribution >= 4 is 34.7 Å². The number of anilines is 1. The summed E-state index contributed by atoms with van der Waals surface area (Å²) in [5.41, 5.74) is -0.216. The van der Waals surface area contributed by atoms with E-state index in [0.717, 1.165) is 18.2 Å². The van der Waals surface area contributed by atoms with E-state index in [1.54, 1.807) is 29.6 Å². The van der Waals surface area contributed by atoms with Gasteiger partial charge in [-0.05, 0) is 29.6 Å². The smallest absolute Gasteiger partial charge is 0.339 e. The largest absolute Gasteiger partial charge is 0.452 e. The van der Waals surface area contributed by atoms with Crippen molar-refractivity contribution in [3.05, 3.63) is 87.6 Å². The molecular formula is C20H13F2NO4S. The van der Waals surface area contributed by atoms with Gasteiger partial charge in [-0.25, -0.2) is 13.6 Å². The first-order chi connectivity index (χ1) is 13.5. The topological polar surface area (TPSA) is 72.5 Å². The number of hydrogen-bond acceptors (Lipinski definition) is 5. The minimum atomic E-state index is -0.879. The minimum Gasteiger partial charge on any atom is -0.452 e. The van der Waals surface area contributed by atoms with E-state index >= 15 is 0 Å². The van der Waals surface area contributed by atoms with Gasteiger partial charge in [0, 0.05) is 11.6 Å². The number of ketones is 1. The standard InChI is InChI=1S/C20H13F2NO4S/c21-12-7-8-15(22)16(10-12)23-18(24)11-27-20(26)14-5-2-1-4-13(14)19(25)17-6-3-9-28-17/h1-10H,11H2,(H,23,24). The molecule has 0 fully saturated rings. The summed E-state index contributed by atoms with van der Waals surface area (Å²) in [6.45, 7) is -0.726. The number of esters is 1. The predicted octanol–water partition coefficient (Wildman–Crippen LogP) is 4.05. The lowest BCUT2D eigenvalue weighted by Gasteiger charge is -2.09. The average molecular weight is 401 g/mol. The quantitative estimate of drug-likeness (QED) is 0.500. The molecule has 5 nitrogen and oxygen atoms in total. The van der Waals surface area contributed by atoms with E-state index in [1.807, 2.05) is 0 Å². The van der Waals surface area contributed by atoms with Gasteiger partial charge >= 0.3 is 5.97 Å². The second-order valence-corrected chi connectivity index (χ2v) is 6.55. The van der Waals surface area contributed by atoms with Crippen molar-refractivity contribution in [2.24, 2.45) is 0 Å². The number of nitrogens with one attached hydrogen (secondary N) is 1. The molecule has 3 aromatic rings. The zero-order chi connectivity index (χ0) is 20.1. The summed E-state index contributed by atoms with van der Waals surface area (Å²) in [6.07, 6.45) is 0. The molecule has 0 saturated heterocycles. The molecule has 0 aliphatic heterocycles. The Morgan fingerprint density at radius 1 is 0.964 bits per heavy atom. The van der Waals surface area contributed by atoms with Crippen molar-refractivity contribution in [1.82, 2.24) is 0 Å². The van der Waals surface area contributed by atoms with Crippen LogP contribution >= 0.6 is 11.3 Å². The van der Waals surface area contributed by atoms with E-state index in [-0.39, 0.29) is 22.6 Å². The van der Waals surface area contributed by atoms with Crippen LogP contribution in [0.1, 0.15) is 25.6 Å². The lowest BCUT2D eigenvalue weighted by Crippen LogP contribution is -2.22. The van der Waals surface area contributed by atoms with E-state index in [2.05, 4.69) is 5.32 Å². The molecule has 0 unspecified atom stereocenters. The van der Waals surface area contributed by atoms with Crippen LogP contribution in [0, 0.1) is 11.6 Å². The molecule has 0 spiro atoms. The van der Waals surface area contributed by atoms with Gasteiger partial charge in [-0.3, -0.25) is 9.59 Å². The minimum absolute atomic E-state index is 0.00522. The van der Waals surface area contributed by atoms with Gasteiger partial charge in [-0.15, -0.1) is 11.3 Å². The Kier molecular flexibility index (Phi) is 5.90. The van der Waals surface area contributed by atoms with Crippen molar-refractivity contribution in [2.75, 3.05) is 11.9 Å². The lowest BCUT2D eigenvalue weighted by atomic mass is 10.0. The maximum absolute atomic E-state index is 13.5. The van der Waals surface area contributed by atoms with Crippen molar-refractivity contribution < 1.29 is 27.9 Å². The van der Waals surface area contributed by atoms with Gasteiger partial charge in [-0.1, -0.05) is 24.3 Å². The summed E-state index contributed by atoms with van der Waals surface area (Å²) in [7, 11) is 0. The number of halogens is 2. The third-order valence-corrected chi connectivity index (χ3v) is 4.54. The lowest BCUT2D eigenvalue weighted by molar-refractivity contribution is -0.119. The number of carbonyl (C=O) groups excluding carboxylic acids is 3. The van der Waals surface area contributed by atoms with Crippen LogP contribution in [0.3, 0.4) is 0 Å². The summed E-state index contributed by atoms with van der Waals surface area (Å²) in [5.74, 6) is -3.62. The molecule has 142 valence electrons. The molecule has 1 heterocycles. The highest BCUT2D eigenvalue weighted by Gasteiger charge is 2.20. The van der Waals surface area contributed by atoms with E-state index in [1.165, 1.54) is 23.5 Å². The molecule has 1 N–H and O–H groups in total. The van der Waals surface area contributed by atoms with Gasteiger partial charge in [-0.2, -0.15) is 0 Å². The molecule has 2 aromatic carbocycles. The SMILES string of the molecule is O=C(COC(=O)c1ccccc1C(=O)c1cccs1)Nc1cc(F)ccc1F. The maximum Gasteiger partial charge on any atom is 0.339 e. The molecule has 1 amide bonds. The zero-order valence-electron chi connectivity index (χ0n) is 14.3. The summed E-state index contributed by atoms with van der Waals surface area (Å²) in [4.78, 5) is 37.2. The van der Waals surface area contributed by atoms with Crippen LogP contribution in [0.4, 0.5) is 14.5 Å². The fraction of sp³-hybridized carbons (Fsp3) is 0.0500. The van der Waals surface area contributed by atoms with Crippen LogP contribution in [0.25, 0.3) is 0 Å². The molecule has 0 saturated carbocycles. The summed E-state index contributed by atoms with van der Waals surface area (Å²) >= 11 is 1.24. The molecule has 0 bridgehead atoms. The Hall–Kier alpha value is -3.39. The molecular weight excluding hydrogens is 388 g/mol. The summed E-state index contributed by atoms with van der Waals surface area (Å²) < 4.78 is 31.6. The van der Waals surface area contributed by atoms with Gasteiger partial charge in [0.15, 0.2) is 6.61 Å². The molecule has 8 heteroatoms. The Labute approximate surface area is 162 Å². The number of rotatable bonds is 6. The van der Waals surface area contributed by atoms with E-state index < -0.39 is 30.1 Å². The van der Waals surface area contributed by atoms with Gasteiger partial charge in [0.25, 0.3) is 5.91 Å². The zero-order valence-corrected chi connectivity index (χ0v) is 15.1. The second kappa shape index (κ2) is 8.53. The fourth-order valence-electron chi connectivity index (χ4n) is 2.39. The first kappa shape index (κ1) is 19.4. The van der Waals surface area contributed by atoms with Crippen molar-refractivity contribution in [2.45, 2.75) is 0 Å². The summed E-state index contributed by atoms with van der Waals surface area (Å²) in [5, 5.41) is 3.86. The molecule has 1 aromatic heterocycles. The highest BCUT2D eigenvalue weighted by Crippen LogP contribution is 2.19. The van der Waals surface area contributed by atoms with E-state index in [4.69, 9.17) is 4.74 Å². The van der Waals surface area contributed by atoms with Crippen molar-refractivity contribution in [3.63, 3.8) is 0 Å². The Bertz CT molecular complexity index is 1030. The number of benzene rings is 2. The first-order valence-corrected chi connectivity index (χ1v) is 8.93. The molecule has 28 heavy (non-hydrogen) atoms. The maximum atomic E-state index is 13.5. The third-order valence-electron chi connectivity index (χ3n) is 3.67. The van der Waals surface area contributed by atoms with Crippen molar-refractivity contribution in [3.8, 4) is 0 Å². The van der Waals surface area contributed by atoms with Crippen LogP contribution < -0.4 is 5.32 Å². The Morgan fingerprint density at radius 3 is 2.43 bits per heavy atom. The van der Waals surface area contributed by atoms with Gasteiger partial charge < -0.3 is 10.1 Å². The Morgan fingerprint density at radius 2 is 1.71 bits per heavy atom. The summed E-state index contributed by atoms with van der Waals surface area (Å²) in [6, 6.07) is 12.0. The van der Waals surface area contributed by atoms with Crippen LogP contribution in [0.15, 0.2) is 60.0 Å². The average Bonchev–Trinajstić information content (AvgIpc) is 3.23. The number of amides is 1. The second-order valence-electron chi connectivity index (χ2n) is 5.60.